The van der Waals surface area contributed by atoms with Crippen molar-refractivity contribution >= 4 is 10.8 Å². The summed E-state index contributed by atoms with van der Waals surface area (Å²) in [5.41, 5.74) is 4.29. The molecule has 1 aliphatic rings. The van der Waals surface area contributed by atoms with Crippen LogP contribution in [-0.2, 0) is 17.2 Å². The molecule has 0 bridgehead atoms. The van der Waals surface area contributed by atoms with Crippen molar-refractivity contribution < 1.29 is 8.63 Å². The average molecular weight is 409 g/mol. The fourth-order valence-corrected chi connectivity index (χ4v) is 4.39. The SMILES string of the molecule is Cc1oc(-c2ccc(-c3ccc(S(C)=O)cc3)cc2)nc1CCN1CCCCC1. The Morgan fingerprint density at radius 3 is 2.14 bits per heavy atom. The Morgan fingerprint density at radius 2 is 1.52 bits per heavy atom. The first-order chi connectivity index (χ1) is 14.1. The third-order valence-electron chi connectivity index (χ3n) is 5.66. The molecule has 2 heterocycles. The minimum absolute atomic E-state index is 0.694. The molecule has 1 saturated heterocycles. The number of aromatic nitrogens is 1. The lowest BCUT2D eigenvalue weighted by Crippen LogP contribution is -2.31. The summed E-state index contributed by atoms with van der Waals surface area (Å²) in [6.07, 6.45) is 6.63. The van der Waals surface area contributed by atoms with Crippen LogP contribution in [0.15, 0.2) is 57.8 Å². The van der Waals surface area contributed by atoms with Crippen LogP contribution in [0.4, 0.5) is 0 Å². The van der Waals surface area contributed by atoms with Gasteiger partial charge in [0.2, 0.25) is 5.89 Å². The van der Waals surface area contributed by atoms with Gasteiger partial charge >= 0.3 is 0 Å². The molecule has 1 aromatic heterocycles. The van der Waals surface area contributed by atoms with Crippen molar-refractivity contribution in [2.75, 3.05) is 25.9 Å². The molecule has 0 spiro atoms. The van der Waals surface area contributed by atoms with Gasteiger partial charge in [0.15, 0.2) is 0 Å². The molecule has 1 unspecified atom stereocenters. The van der Waals surface area contributed by atoms with E-state index in [4.69, 9.17) is 9.40 Å². The third-order valence-corrected chi connectivity index (χ3v) is 6.59. The highest BCUT2D eigenvalue weighted by Gasteiger charge is 2.15. The highest BCUT2D eigenvalue weighted by Crippen LogP contribution is 2.27. The fraction of sp³-hybridized carbons (Fsp3) is 0.375. The predicted molar refractivity (Wildman–Crippen MR) is 118 cm³/mol. The van der Waals surface area contributed by atoms with Crippen molar-refractivity contribution in [2.24, 2.45) is 0 Å². The number of hydrogen-bond donors (Lipinski definition) is 0. The number of piperidine rings is 1. The largest absolute Gasteiger partial charge is 0.441 e. The smallest absolute Gasteiger partial charge is 0.226 e. The molecule has 0 N–H and O–H groups in total. The first kappa shape index (κ1) is 20.0. The van der Waals surface area contributed by atoms with E-state index in [-0.39, 0.29) is 0 Å². The first-order valence-corrected chi connectivity index (χ1v) is 11.9. The number of benzene rings is 2. The molecule has 152 valence electrons. The van der Waals surface area contributed by atoms with Gasteiger partial charge in [-0.15, -0.1) is 0 Å². The summed E-state index contributed by atoms with van der Waals surface area (Å²) in [6, 6.07) is 16.2. The molecule has 4 rings (SSSR count). The Morgan fingerprint density at radius 1 is 0.931 bits per heavy atom. The van der Waals surface area contributed by atoms with Crippen molar-refractivity contribution in [2.45, 2.75) is 37.5 Å². The second kappa shape index (κ2) is 9.06. The summed E-state index contributed by atoms with van der Waals surface area (Å²) in [6.45, 7) is 5.49. The van der Waals surface area contributed by atoms with E-state index in [1.807, 2.05) is 31.2 Å². The number of oxazole rings is 1. The minimum atomic E-state index is -0.950. The van der Waals surface area contributed by atoms with Gasteiger partial charge in [-0.1, -0.05) is 30.7 Å². The summed E-state index contributed by atoms with van der Waals surface area (Å²) in [5, 5.41) is 0. The maximum Gasteiger partial charge on any atom is 0.226 e. The van der Waals surface area contributed by atoms with E-state index in [0.29, 0.717) is 5.89 Å². The lowest BCUT2D eigenvalue weighted by Gasteiger charge is -2.25. The van der Waals surface area contributed by atoms with Gasteiger partial charge in [-0.25, -0.2) is 4.98 Å². The molecular weight excluding hydrogens is 380 g/mol. The van der Waals surface area contributed by atoms with Crippen molar-refractivity contribution in [1.82, 2.24) is 9.88 Å². The van der Waals surface area contributed by atoms with Gasteiger partial charge in [0.25, 0.3) is 0 Å². The molecule has 2 aromatic carbocycles. The summed E-state index contributed by atoms with van der Waals surface area (Å²) in [7, 11) is -0.950. The molecule has 5 heteroatoms. The van der Waals surface area contributed by atoms with E-state index >= 15 is 0 Å². The number of hydrogen-bond acceptors (Lipinski definition) is 4. The Labute approximate surface area is 175 Å². The van der Waals surface area contributed by atoms with Gasteiger partial charge in [-0.2, -0.15) is 0 Å². The Hall–Kier alpha value is -2.24. The van der Waals surface area contributed by atoms with Crippen LogP contribution in [0, 0.1) is 6.92 Å². The molecule has 1 atom stereocenters. The van der Waals surface area contributed by atoms with E-state index in [2.05, 4.69) is 29.2 Å². The van der Waals surface area contributed by atoms with Crippen molar-refractivity contribution in [3.8, 4) is 22.6 Å². The standard InChI is InChI=1S/C24H28N2O2S/c1-18-23(14-17-26-15-4-3-5-16-26)25-24(28-18)21-8-6-19(7-9-21)20-10-12-22(13-11-20)29(2)27/h6-13H,3-5,14-17H2,1-2H3. The molecule has 0 amide bonds. The van der Waals surface area contributed by atoms with Crippen LogP contribution in [0.25, 0.3) is 22.6 Å². The van der Waals surface area contributed by atoms with Crippen LogP contribution in [-0.4, -0.2) is 40.0 Å². The fourth-order valence-electron chi connectivity index (χ4n) is 3.87. The predicted octanol–water partition coefficient (Wildman–Crippen LogP) is 5.08. The number of aryl methyl sites for hydroxylation is 1. The average Bonchev–Trinajstić information content (AvgIpc) is 3.14. The number of nitrogens with zero attached hydrogens (tertiary/aromatic N) is 2. The van der Waals surface area contributed by atoms with Gasteiger partial charge in [0.05, 0.1) is 5.69 Å². The van der Waals surface area contributed by atoms with Crippen LogP contribution in [0.2, 0.25) is 0 Å². The van der Waals surface area contributed by atoms with E-state index in [9.17, 15) is 4.21 Å². The Bertz CT molecular complexity index is 971. The monoisotopic (exact) mass is 408 g/mol. The Balaban J connectivity index is 1.45. The van der Waals surface area contributed by atoms with Crippen LogP contribution < -0.4 is 0 Å². The van der Waals surface area contributed by atoms with Gasteiger partial charge in [0.1, 0.15) is 5.76 Å². The molecule has 1 fully saturated rings. The maximum atomic E-state index is 11.6. The van der Waals surface area contributed by atoms with E-state index in [0.717, 1.165) is 46.0 Å². The van der Waals surface area contributed by atoms with E-state index in [1.54, 1.807) is 6.26 Å². The van der Waals surface area contributed by atoms with Gasteiger partial charge < -0.3 is 9.32 Å². The van der Waals surface area contributed by atoms with Gasteiger partial charge in [-0.05, 0) is 68.2 Å². The van der Waals surface area contributed by atoms with Gasteiger partial charge in [-0.3, -0.25) is 4.21 Å². The van der Waals surface area contributed by atoms with E-state index in [1.165, 1.54) is 32.4 Å². The lowest BCUT2D eigenvalue weighted by atomic mass is 10.0. The first-order valence-electron chi connectivity index (χ1n) is 10.3. The molecule has 1 aliphatic heterocycles. The summed E-state index contributed by atoms with van der Waals surface area (Å²) >= 11 is 0. The van der Waals surface area contributed by atoms with Crippen LogP contribution in [0.3, 0.4) is 0 Å². The summed E-state index contributed by atoms with van der Waals surface area (Å²) in [5.74, 6) is 1.61. The zero-order chi connectivity index (χ0) is 20.2. The van der Waals surface area contributed by atoms with Crippen molar-refractivity contribution in [3.05, 3.63) is 60.0 Å². The van der Waals surface area contributed by atoms with Gasteiger partial charge in [0, 0.05) is 40.5 Å². The molecule has 4 nitrogen and oxygen atoms in total. The molecule has 0 saturated carbocycles. The highest BCUT2D eigenvalue weighted by molar-refractivity contribution is 7.84. The normalized spacial score (nSPS) is 16.1. The quantitative estimate of drug-likeness (QED) is 0.570. The number of rotatable bonds is 6. The van der Waals surface area contributed by atoms with E-state index < -0.39 is 10.8 Å². The second-order valence-corrected chi connectivity index (χ2v) is 9.11. The Kier molecular flexibility index (Phi) is 6.26. The zero-order valence-electron chi connectivity index (χ0n) is 17.2. The molecule has 0 radical (unpaired) electrons. The molecule has 3 aromatic rings. The highest BCUT2D eigenvalue weighted by atomic mass is 32.2. The molecule has 0 aliphatic carbocycles. The van der Waals surface area contributed by atoms with Crippen molar-refractivity contribution in [1.29, 1.82) is 0 Å². The van der Waals surface area contributed by atoms with Crippen LogP contribution in [0.5, 0.6) is 0 Å². The topological polar surface area (TPSA) is 46.3 Å². The lowest BCUT2D eigenvalue weighted by molar-refractivity contribution is 0.230. The second-order valence-electron chi connectivity index (χ2n) is 7.73. The molecular formula is C24H28N2O2S. The maximum absolute atomic E-state index is 11.6. The molecule has 29 heavy (non-hydrogen) atoms. The van der Waals surface area contributed by atoms with Crippen LogP contribution >= 0.6 is 0 Å². The van der Waals surface area contributed by atoms with Crippen LogP contribution in [0.1, 0.15) is 30.7 Å². The summed E-state index contributed by atoms with van der Waals surface area (Å²) < 4.78 is 17.5. The number of likely N-dealkylation sites (tertiary alicyclic amines) is 1. The summed E-state index contributed by atoms with van der Waals surface area (Å²) in [4.78, 5) is 8.15. The minimum Gasteiger partial charge on any atom is -0.441 e. The third kappa shape index (κ3) is 4.85. The zero-order valence-corrected chi connectivity index (χ0v) is 18.0. The van der Waals surface area contributed by atoms with Crippen molar-refractivity contribution in [3.63, 3.8) is 0 Å².